The summed E-state index contributed by atoms with van der Waals surface area (Å²) < 4.78 is 40.4. The zero-order valence-electron chi connectivity index (χ0n) is 10.7. The summed E-state index contributed by atoms with van der Waals surface area (Å²) in [6.07, 6.45) is 1.58. The number of aryl methyl sites for hydroxylation is 1. The van der Waals surface area contributed by atoms with Crippen LogP contribution in [0.15, 0.2) is 52.3 Å². The van der Waals surface area contributed by atoms with Gasteiger partial charge in [-0.2, -0.15) is 0 Å². The second-order valence-electron chi connectivity index (χ2n) is 4.23. The minimum atomic E-state index is -3.77. The standard InChI is InChI=1S/C13H13FN2O3S/c1-16-8-2-3-10(13(16)17)9-15-20(18,19)12-6-4-11(14)5-7-12/h2-8,15H,9H2,1H3. The van der Waals surface area contributed by atoms with Crippen molar-refractivity contribution in [3.8, 4) is 0 Å². The lowest BCUT2D eigenvalue weighted by Gasteiger charge is -2.07. The van der Waals surface area contributed by atoms with Crippen molar-refractivity contribution in [3.63, 3.8) is 0 Å². The van der Waals surface area contributed by atoms with E-state index in [4.69, 9.17) is 0 Å². The summed E-state index contributed by atoms with van der Waals surface area (Å²) in [7, 11) is -2.19. The maximum Gasteiger partial charge on any atom is 0.254 e. The average Bonchev–Trinajstić information content (AvgIpc) is 2.41. The summed E-state index contributed by atoms with van der Waals surface area (Å²) in [5.41, 5.74) is 0.0648. The smallest absolute Gasteiger partial charge is 0.254 e. The number of halogens is 1. The van der Waals surface area contributed by atoms with Crippen LogP contribution in [-0.2, 0) is 23.6 Å². The number of pyridine rings is 1. The van der Waals surface area contributed by atoms with E-state index < -0.39 is 15.8 Å². The highest BCUT2D eigenvalue weighted by Crippen LogP contribution is 2.09. The number of sulfonamides is 1. The van der Waals surface area contributed by atoms with E-state index in [2.05, 4.69) is 4.72 Å². The summed E-state index contributed by atoms with van der Waals surface area (Å²) >= 11 is 0. The SMILES string of the molecule is Cn1cccc(CNS(=O)(=O)c2ccc(F)cc2)c1=O. The van der Waals surface area contributed by atoms with E-state index in [1.165, 1.54) is 16.7 Å². The number of nitrogens with one attached hydrogen (secondary N) is 1. The van der Waals surface area contributed by atoms with Crippen molar-refractivity contribution >= 4 is 10.0 Å². The van der Waals surface area contributed by atoms with Crippen LogP contribution in [-0.4, -0.2) is 13.0 Å². The van der Waals surface area contributed by atoms with Gasteiger partial charge < -0.3 is 4.57 Å². The minimum Gasteiger partial charge on any atom is -0.318 e. The third kappa shape index (κ3) is 3.12. The van der Waals surface area contributed by atoms with Crippen LogP contribution in [0.25, 0.3) is 0 Å². The van der Waals surface area contributed by atoms with E-state index in [0.717, 1.165) is 12.1 Å². The van der Waals surface area contributed by atoms with Crippen LogP contribution in [0.5, 0.6) is 0 Å². The largest absolute Gasteiger partial charge is 0.318 e. The van der Waals surface area contributed by atoms with Gasteiger partial charge in [-0.05, 0) is 30.3 Å². The van der Waals surface area contributed by atoms with Gasteiger partial charge in [0.05, 0.1) is 4.90 Å². The number of benzene rings is 1. The zero-order valence-corrected chi connectivity index (χ0v) is 11.5. The molecule has 20 heavy (non-hydrogen) atoms. The fourth-order valence-electron chi connectivity index (χ4n) is 1.66. The van der Waals surface area contributed by atoms with Crippen molar-refractivity contribution < 1.29 is 12.8 Å². The molecule has 1 N–H and O–H groups in total. The lowest BCUT2D eigenvalue weighted by Crippen LogP contribution is -2.28. The first-order chi connectivity index (χ1) is 9.40. The van der Waals surface area contributed by atoms with Crippen molar-refractivity contribution in [3.05, 3.63) is 64.3 Å². The summed E-state index contributed by atoms with van der Waals surface area (Å²) in [4.78, 5) is 11.7. The number of nitrogens with zero attached hydrogens (tertiary/aromatic N) is 1. The molecule has 0 saturated carbocycles. The molecule has 0 unspecified atom stereocenters. The van der Waals surface area contributed by atoms with Crippen LogP contribution in [0, 0.1) is 5.82 Å². The van der Waals surface area contributed by atoms with Gasteiger partial charge in [0.1, 0.15) is 5.82 Å². The van der Waals surface area contributed by atoms with Crippen molar-refractivity contribution in [1.29, 1.82) is 0 Å². The molecule has 0 radical (unpaired) electrons. The van der Waals surface area contributed by atoms with Crippen molar-refractivity contribution in [1.82, 2.24) is 9.29 Å². The Morgan fingerprint density at radius 2 is 1.85 bits per heavy atom. The number of hydrogen-bond donors (Lipinski definition) is 1. The van der Waals surface area contributed by atoms with Crippen molar-refractivity contribution in [2.45, 2.75) is 11.4 Å². The molecule has 0 aliphatic heterocycles. The normalized spacial score (nSPS) is 11.5. The number of hydrogen-bond acceptors (Lipinski definition) is 3. The maximum atomic E-state index is 12.8. The lowest BCUT2D eigenvalue weighted by molar-refractivity contribution is 0.579. The van der Waals surface area contributed by atoms with E-state index in [0.29, 0.717) is 5.56 Å². The van der Waals surface area contributed by atoms with E-state index in [9.17, 15) is 17.6 Å². The van der Waals surface area contributed by atoms with Gasteiger partial charge in [0.15, 0.2) is 0 Å². The summed E-state index contributed by atoms with van der Waals surface area (Å²) in [5, 5.41) is 0. The van der Waals surface area contributed by atoms with Gasteiger partial charge in [0.25, 0.3) is 5.56 Å². The van der Waals surface area contributed by atoms with E-state index in [1.54, 1.807) is 25.4 Å². The molecule has 0 spiro atoms. The van der Waals surface area contributed by atoms with Crippen molar-refractivity contribution in [2.24, 2.45) is 7.05 Å². The summed E-state index contributed by atoms with van der Waals surface area (Å²) in [6.45, 7) is -0.118. The van der Waals surface area contributed by atoms with Crippen LogP contribution in [0.3, 0.4) is 0 Å². The Morgan fingerprint density at radius 3 is 2.50 bits per heavy atom. The molecule has 2 rings (SSSR count). The molecule has 1 aromatic heterocycles. The highest BCUT2D eigenvalue weighted by Gasteiger charge is 2.14. The third-order valence-electron chi connectivity index (χ3n) is 2.78. The van der Waals surface area contributed by atoms with Gasteiger partial charge in [-0.25, -0.2) is 17.5 Å². The first-order valence-electron chi connectivity index (χ1n) is 5.80. The number of aromatic nitrogens is 1. The van der Waals surface area contributed by atoms with Crippen LogP contribution in [0.1, 0.15) is 5.56 Å². The van der Waals surface area contributed by atoms with Gasteiger partial charge in [-0.1, -0.05) is 6.07 Å². The fourth-order valence-corrected chi connectivity index (χ4v) is 2.66. The predicted molar refractivity (Wildman–Crippen MR) is 72.1 cm³/mol. The Balaban J connectivity index is 2.19. The Kier molecular flexibility index (Phi) is 4.01. The zero-order chi connectivity index (χ0) is 14.8. The fraction of sp³-hybridized carbons (Fsp3) is 0.154. The first kappa shape index (κ1) is 14.4. The van der Waals surface area contributed by atoms with Crippen LogP contribution in [0.4, 0.5) is 4.39 Å². The molecule has 1 aromatic carbocycles. The molecular formula is C13H13FN2O3S. The van der Waals surface area contributed by atoms with Gasteiger partial charge in [-0.15, -0.1) is 0 Å². The molecular weight excluding hydrogens is 283 g/mol. The molecule has 0 aliphatic rings. The molecule has 0 aliphatic carbocycles. The monoisotopic (exact) mass is 296 g/mol. The summed E-state index contributed by atoms with van der Waals surface area (Å²) in [6, 6.07) is 7.67. The minimum absolute atomic E-state index is 0.0494. The number of rotatable bonds is 4. The highest BCUT2D eigenvalue weighted by molar-refractivity contribution is 7.89. The Bertz CT molecular complexity index is 767. The Labute approximate surface area is 115 Å². The maximum absolute atomic E-state index is 12.8. The first-order valence-corrected chi connectivity index (χ1v) is 7.28. The molecule has 0 atom stereocenters. The Hall–Kier alpha value is -1.99. The molecule has 7 heteroatoms. The van der Waals surface area contributed by atoms with Gasteiger partial charge in [0.2, 0.25) is 10.0 Å². The molecule has 0 fully saturated rings. The van der Waals surface area contributed by atoms with Gasteiger partial charge in [-0.3, -0.25) is 4.79 Å². The van der Waals surface area contributed by atoms with Crippen LogP contribution < -0.4 is 10.3 Å². The van der Waals surface area contributed by atoms with E-state index in [1.807, 2.05) is 0 Å². The van der Waals surface area contributed by atoms with E-state index >= 15 is 0 Å². The second kappa shape index (κ2) is 5.56. The average molecular weight is 296 g/mol. The predicted octanol–water partition coefficient (Wildman–Crippen LogP) is 1.00. The second-order valence-corrected chi connectivity index (χ2v) is 5.99. The van der Waals surface area contributed by atoms with E-state index in [-0.39, 0.29) is 17.0 Å². The third-order valence-corrected chi connectivity index (χ3v) is 4.20. The highest BCUT2D eigenvalue weighted by atomic mass is 32.2. The molecule has 2 aromatic rings. The quantitative estimate of drug-likeness (QED) is 0.915. The van der Waals surface area contributed by atoms with Gasteiger partial charge >= 0.3 is 0 Å². The lowest BCUT2D eigenvalue weighted by atomic mass is 10.3. The molecule has 0 amide bonds. The molecule has 106 valence electrons. The topological polar surface area (TPSA) is 68.2 Å². The van der Waals surface area contributed by atoms with Crippen molar-refractivity contribution in [2.75, 3.05) is 0 Å². The summed E-state index contributed by atoms with van der Waals surface area (Å²) in [5.74, 6) is -0.513. The molecule has 0 bridgehead atoms. The molecule has 5 nitrogen and oxygen atoms in total. The molecule has 1 heterocycles. The Morgan fingerprint density at radius 1 is 1.20 bits per heavy atom. The van der Waals surface area contributed by atoms with Crippen LogP contribution >= 0.6 is 0 Å². The van der Waals surface area contributed by atoms with Crippen LogP contribution in [0.2, 0.25) is 0 Å². The van der Waals surface area contributed by atoms with Gasteiger partial charge in [0, 0.05) is 25.4 Å². The molecule has 0 saturated heterocycles.